The molecule has 0 radical (unpaired) electrons. The van der Waals surface area contributed by atoms with Crippen molar-refractivity contribution in [2.24, 2.45) is 0 Å². The summed E-state index contributed by atoms with van der Waals surface area (Å²) in [4.78, 5) is 0. The van der Waals surface area contributed by atoms with Crippen LogP contribution in [0.15, 0.2) is 16.6 Å². The van der Waals surface area contributed by atoms with Crippen molar-refractivity contribution in [1.29, 1.82) is 0 Å². The van der Waals surface area contributed by atoms with Gasteiger partial charge in [0.15, 0.2) is 11.6 Å². The molecule has 1 nitrogen and oxygen atoms in total. The van der Waals surface area contributed by atoms with Gasteiger partial charge < -0.3 is 4.74 Å². The Labute approximate surface area is 122 Å². The normalized spacial score (nSPS) is 10.7. The zero-order chi connectivity index (χ0) is 14.1. The Bertz CT molecular complexity index is 383. The van der Waals surface area contributed by atoms with Crippen LogP contribution >= 0.6 is 15.9 Å². The summed E-state index contributed by atoms with van der Waals surface area (Å²) in [6.07, 6.45) is 8.19. The molecule has 0 aliphatic heterocycles. The highest BCUT2D eigenvalue weighted by Gasteiger charge is 2.10. The minimum Gasteiger partial charge on any atom is -0.490 e. The number of halogens is 3. The molecule has 0 aromatic heterocycles. The molecule has 0 unspecified atom stereocenters. The lowest BCUT2D eigenvalue weighted by atomic mass is 10.1. The first-order valence-electron chi connectivity index (χ1n) is 6.92. The summed E-state index contributed by atoms with van der Waals surface area (Å²) >= 11 is 3.12. The van der Waals surface area contributed by atoms with Crippen molar-refractivity contribution in [1.82, 2.24) is 0 Å². The van der Waals surface area contributed by atoms with E-state index in [1.165, 1.54) is 38.2 Å². The molecule has 0 N–H and O–H groups in total. The predicted molar refractivity (Wildman–Crippen MR) is 77.5 cm³/mol. The number of unbranched alkanes of at least 4 members (excludes halogenated alkanes) is 6. The lowest BCUT2D eigenvalue weighted by molar-refractivity contribution is 0.284. The fraction of sp³-hybridized carbons (Fsp3) is 0.600. The van der Waals surface area contributed by atoms with E-state index >= 15 is 0 Å². The van der Waals surface area contributed by atoms with Crippen molar-refractivity contribution in [3.63, 3.8) is 0 Å². The first-order chi connectivity index (χ1) is 9.15. The second kappa shape index (κ2) is 9.29. The van der Waals surface area contributed by atoms with Crippen LogP contribution in [0.4, 0.5) is 8.78 Å². The highest BCUT2D eigenvalue weighted by Crippen LogP contribution is 2.25. The molecule has 0 bridgehead atoms. The van der Waals surface area contributed by atoms with E-state index in [0.717, 1.165) is 18.9 Å². The molecule has 0 atom stereocenters. The third-order valence-corrected chi connectivity index (χ3v) is 3.42. The maximum Gasteiger partial charge on any atom is 0.200 e. The third kappa shape index (κ3) is 6.37. The van der Waals surface area contributed by atoms with E-state index in [1.54, 1.807) is 0 Å². The van der Waals surface area contributed by atoms with Gasteiger partial charge in [0.1, 0.15) is 0 Å². The number of hydrogen-bond donors (Lipinski definition) is 0. The Morgan fingerprint density at radius 1 is 1.00 bits per heavy atom. The molecule has 0 aliphatic carbocycles. The number of ether oxygens (including phenoxy) is 1. The second-order valence-electron chi connectivity index (χ2n) is 4.67. The molecular formula is C15H21BrF2O. The van der Waals surface area contributed by atoms with Gasteiger partial charge in [-0.25, -0.2) is 4.39 Å². The van der Waals surface area contributed by atoms with E-state index in [-0.39, 0.29) is 5.75 Å². The summed E-state index contributed by atoms with van der Waals surface area (Å²) in [5.74, 6) is -1.81. The smallest absolute Gasteiger partial charge is 0.200 e. The summed E-state index contributed by atoms with van der Waals surface area (Å²) in [5.41, 5.74) is 0. The molecule has 19 heavy (non-hydrogen) atoms. The summed E-state index contributed by atoms with van der Waals surface area (Å²) < 4.78 is 32.2. The average Bonchev–Trinajstić information content (AvgIpc) is 2.38. The molecule has 1 aromatic rings. The van der Waals surface area contributed by atoms with Crippen molar-refractivity contribution in [2.45, 2.75) is 51.9 Å². The van der Waals surface area contributed by atoms with Crippen LogP contribution in [0.3, 0.4) is 0 Å². The van der Waals surface area contributed by atoms with Gasteiger partial charge in [-0.3, -0.25) is 0 Å². The predicted octanol–water partition coefficient (Wildman–Crippen LogP) is 5.86. The van der Waals surface area contributed by atoms with E-state index in [2.05, 4.69) is 22.9 Å². The summed E-state index contributed by atoms with van der Waals surface area (Å²) in [7, 11) is 0. The lowest BCUT2D eigenvalue weighted by Crippen LogP contribution is -2.00. The van der Waals surface area contributed by atoms with Crippen LogP contribution in [0.2, 0.25) is 0 Å². The van der Waals surface area contributed by atoms with Crippen LogP contribution < -0.4 is 4.74 Å². The van der Waals surface area contributed by atoms with Gasteiger partial charge in [0.25, 0.3) is 0 Å². The summed E-state index contributed by atoms with van der Waals surface area (Å²) in [5, 5.41) is 0. The molecule has 1 rings (SSSR count). The Hall–Kier alpha value is -0.640. The van der Waals surface area contributed by atoms with E-state index in [9.17, 15) is 8.78 Å². The third-order valence-electron chi connectivity index (χ3n) is 2.97. The van der Waals surface area contributed by atoms with Gasteiger partial charge in [-0.1, -0.05) is 61.4 Å². The highest BCUT2D eigenvalue weighted by atomic mass is 79.9. The molecule has 0 amide bonds. The second-order valence-corrected chi connectivity index (χ2v) is 5.59. The largest absolute Gasteiger partial charge is 0.490 e. The Balaban J connectivity index is 2.19. The van der Waals surface area contributed by atoms with E-state index in [4.69, 9.17) is 4.74 Å². The van der Waals surface area contributed by atoms with Crippen LogP contribution in [0.25, 0.3) is 0 Å². The van der Waals surface area contributed by atoms with Gasteiger partial charge in [0.05, 0.1) is 6.61 Å². The van der Waals surface area contributed by atoms with Crippen molar-refractivity contribution in [3.8, 4) is 5.75 Å². The molecule has 0 fully saturated rings. The topological polar surface area (TPSA) is 9.23 Å². The molecular weight excluding hydrogens is 314 g/mol. The molecule has 0 heterocycles. The molecule has 0 spiro atoms. The van der Waals surface area contributed by atoms with Gasteiger partial charge in [0, 0.05) is 4.47 Å². The van der Waals surface area contributed by atoms with Gasteiger partial charge in [-0.05, 0) is 18.6 Å². The lowest BCUT2D eigenvalue weighted by Gasteiger charge is -2.08. The molecule has 1 aromatic carbocycles. The maximum absolute atomic E-state index is 13.4. The van der Waals surface area contributed by atoms with Gasteiger partial charge >= 0.3 is 0 Å². The zero-order valence-electron chi connectivity index (χ0n) is 11.4. The molecule has 108 valence electrons. The summed E-state index contributed by atoms with van der Waals surface area (Å²) in [6, 6.07) is 2.55. The average molecular weight is 335 g/mol. The molecule has 0 saturated carbocycles. The van der Waals surface area contributed by atoms with Crippen LogP contribution in [-0.2, 0) is 0 Å². The Morgan fingerprint density at radius 2 is 1.63 bits per heavy atom. The van der Waals surface area contributed by atoms with Gasteiger partial charge in [0.2, 0.25) is 5.82 Å². The van der Waals surface area contributed by atoms with Crippen LogP contribution in [0.1, 0.15) is 51.9 Å². The van der Waals surface area contributed by atoms with E-state index < -0.39 is 11.6 Å². The Morgan fingerprint density at radius 3 is 2.32 bits per heavy atom. The van der Waals surface area contributed by atoms with Gasteiger partial charge in [-0.2, -0.15) is 4.39 Å². The Kier molecular flexibility index (Phi) is 8.03. The highest BCUT2D eigenvalue weighted by molar-refractivity contribution is 9.10. The number of hydrogen-bond acceptors (Lipinski definition) is 1. The van der Waals surface area contributed by atoms with E-state index in [1.807, 2.05) is 0 Å². The van der Waals surface area contributed by atoms with E-state index in [0.29, 0.717) is 11.1 Å². The number of benzene rings is 1. The quantitative estimate of drug-likeness (QED) is 0.406. The van der Waals surface area contributed by atoms with Crippen molar-refractivity contribution >= 4 is 15.9 Å². The zero-order valence-corrected chi connectivity index (χ0v) is 12.9. The number of rotatable bonds is 9. The van der Waals surface area contributed by atoms with Crippen molar-refractivity contribution in [3.05, 3.63) is 28.2 Å². The fourth-order valence-corrected chi connectivity index (χ4v) is 2.29. The molecule has 0 saturated heterocycles. The monoisotopic (exact) mass is 334 g/mol. The van der Waals surface area contributed by atoms with Gasteiger partial charge in [-0.15, -0.1) is 0 Å². The maximum atomic E-state index is 13.4. The van der Waals surface area contributed by atoms with Crippen LogP contribution in [0.5, 0.6) is 5.75 Å². The van der Waals surface area contributed by atoms with Crippen molar-refractivity contribution in [2.75, 3.05) is 6.61 Å². The van der Waals surface area contributed by atoms with Crippen LogP contribution in [-0.4, -0.2) is 6.61 Å². The van der Waals surface area contributed by atoms with Crippen molar-refractivity contribution < 1.29 is 13.5 Å². The SMILES string of the molecule is CCCCCCCCCOc1cc(Br)cc(F)c1F. The minimum absolute atomic E-state index is 0.0159. The molecule has 4 heteroatoms. The minimum atomic E-state index is -0.911. The fourth-order valence-electron chi connectivity index (χ4n) is 1.88. The summed E-state index contributed by atoms with van der Waals surface area (Å²) in [6.45, 7) is 2.63. The van der Waals surface area contributed by atoms with Crippen LogP contribution in [0, 0.1) is 11.6 Å². The first-order valence-corrected chi connectivity index (χ1v) is 7.71. The first kappa shape index (κ1) is 16.4. The standard InChI is InChI=1S/C15H21BrF2O/c1-2-3-4-5-6-7-8-9-19-14-11-12(16)10-13(17)15(14)18/h10-11H,2-9H2,1H3. The molecule has 0 aliphatic rings.